The van der Waals surface area contributed by atoms with E-state index in [9.17, 15) is 4.79 Å². The lowest BCUT2D eigenvalue weighted by Crippen LogP contribution is -2.36. The zero-order valence-electron chi connectivity index (χ0n) is 13.1. The molecule has 0 unspecified atom stereocenters. The summed E-state index contributed by atoms with van der Waals surface area (Å²) in [6.45, 7) is 2.76. The molecule has 0 saturated heterocycles. The van der Waals surface area contributed by atoms with Gasteiger partial charge in [-0.3, -0.25) is 4.79 Å². The highest BCUT2D eigenvalue weighted by atomic mass is 16.1. The maximum absolute atomic E-state index is 12.2. The standard InChI is InChI=1S/C18H23N3O/c1-14(12-21-9-8-19-13-21)20-18(22)11-15-6-7-16-4-2-3-5-17(16)10-15/h6-10,13-14H,2-5,11-12H2,1H3,(H,20,22)/t14-/m0/s1. The number of rotatable bonds is 5. The molecule has 1 N–H and O–H groups in total. The van der Waals surface area contributed by atoms with Gasteiger partial charge in [0.15, 0.2) is 0 Å². The summed E-state index contributed by atoms with van der Waals surface area (Å²) in [6, 6.07) is 6.62. The third-order valence-corrected chi connectivity index (χ3v) is 4.23. The predicted octanol–water partition coefficient (Wildman–Crippen LogP) is 2.51. The summed E-state index contributed by atoms with van der Waals surface area (Å²) >= 11 is 0. The fraction of sp³-hybridized carbons (Fsp3) is 0.444. The molecule has 0 aliphatic heterocycles. The molecule has 1 aliphatic rings. The first-order chi connectivity index (χ1) is 10.7. The van der Waals surface area contributed by atoms with Gasteiger partial charge in [-0.05, 0) is 49.3 Å². The molecule has 4 nitrogen and oxygen atoms in total. The van der Waals surface area contributed by atoms with Gasteiger partial charge in [0.25, 0.3) is 0 Å². The number of amides is 1. The molecule has 1 aromatic heterocycles. The van der Waals surface area contributed by atoms with E-state index in [1.54, 1.807) is 12.5 Å². The maximum atomic E-state index is 12.2. The van der Waals surface area contributed by atoms with Crippen LogP contribution in [0.5, 0.6) is 0 Å². The average molecular weight is 297 g/mol. The van der Waals surface area contributed by atoms with Crippen LogP contribution in [0.2, 0.25) is 0 Å². The average Bonchev–Trinajstić information content (AvgIpc) is 2.99. The number of hydrogen-bond donors (Lipinski definition) is 1. The van der Waals surface area contributed by atoms with E-state index in [4.69, 9.17) is 0 Å². The molecule has 1 amide bonds. The van der Waals surface area contributed by atoms with Crippen LogP contribution in [0.3, 0.4) is 0 Å². The van der Waals surface area contributed by atoms with Crippen LogP contribution in [0.4, 0.5) is 0 Å². The molecule has 0 spiro atoms. The van der Waals surface area contributed by atoms with Crippen LogP contribution < -0.4 is 5.32 Å². The molecule has 0 bridgehead atoms. The molecule has 0 radical (unpaired) electrons. The van der Waals surface area contributed by atoms with E-state index in [0.29, 0.717) is 6.42 Å². The minimum Gasteiger partial charge on any atom is -0.352 e. The first kappa shape index (κ1) is 14.8. The number of fused-ring (bicyclic) bond motifs is 1. The van der Waals surface area contributed by atoms with E-state index in [1.807, 2.05) is 17.7 Å². The van der Waals surface area contributed by atoms with Crippen molar-refractivity contribution in [2.45, 2.75) is 51.6 Å². The molecule has 1 atom stereocenters. The third-order valence-electron chi connectivity index (χ3n) is 4.23. The van der Waals surface area contributed by atoms with Crippen LogP contribution in [0.1, 0.15) is 36.5 Å². The number of carbonyl (C=O) groups excluding carboxylic acids is 1. The molecule has 1 heterocycles. The summed E-state index contributed by atoms with van der Waals surface area (Å²) in [5.74, 6) is 0.0865. The van der Waals surface area contributed by atoms with Gasteiger partial charge in [0, 0.05) is 25.0 Å². The number of benzene rings is 1. The summed E-state index contributed by atoms with van der Waals surface area (Å²) in [4.78, 5) is 16.2. The number of nitrogens with zero attached hydrogens (tertiary/aromatic N) is 2. The lowest BCUT2D eigenvalue weighted by atomic mass is 9.90. The van der Waals surface area contributed by atoms with Gasteiger partial charge in [0.05, 0.1) is 12.7 Å². The zero-order valence-corrected chi connectivity index (χ0v) is 13.1. The highest BCUT2D eigenvalue weighted by Gasteiger charge is 2.12. The van der Waals surface area contributed by atoms with Crippen molar-refractivity contribution in [1.29, 1.82) is 0 Å². The van der Waals surface area contributed by atoms with Crippen molar-refractivity contribution < 1.29 is 4.79 Å². The molecule has 116 valence electrons. The molecular weight excluding hydrogens is 274 g/mol. The molecule has 3 rings (SSSR count). The van der Waals surface area contributed by atoms with Crippen molar-refractivity contribution in [1.82, 2.24) is 14.9 Å². The molecule has 2 aromatic rings. The van der Waals surface area contributed by atoms with Crippen molar-refractivity contribution >= 4 is 5.91 Å². The van der Waals surface area contributed by atoms with Gasteiger partial charge in [-0.15, -0.1) is 0 Å². The molecule has 4 heteroatoms. The van der Waals surface area contributed by atoms with E-state index < -0.39 is 0 Å². The smallest absolute Gasteiger partial charge is 0.224 e. The van der Waals surface area contributed by atoms with E-state index in [2.05, 4.69) is 28.5 Å². The second kappa shape index (κ2) is 6.77. The van der Waals surface area contributed by atoms with Gasteiger partial charge in [0.1, 0.15) is 0 Å². The number of aromatic nitrogens is 2. The second-order valence-corrected chi connectivity index (χ2v) is 6.21. The summed E-state index contributed by atoms with van der Waals surface area (Å²) in [7, 11) is 0. The Morgan fingerprint density at radius 3 is 2.91 bits per heavy atom. The van der Waals surface area contributed by atoms with Crippen LogP contribution in [0.25, 0.3) is 0 Å². The summed E-state index contributed by atoms with van der Waals surface area (Å²) in [5.41, 5.74) is 4.01. The predicted molar refractivity (Wildman–Crippen MR) is 86.6 cm³/mol. The fourth-order valence-corrected chi connectivity index (χ4v) is 3.16. The first-order valence-corrected chi connectivity index (χ1v) is 8.06. The van der Waals surface area contributed by atoms with E-state index >= 15 is 0 Å². The highest BCUT2D eigenvalue weighted by molar-refractivity contribution is 5.78. The molecular formula is C18H23N3O. The molecule has 0 fully saturated rings. The van der Waals surface area contributed by atoms with Gasteiger partial charge in [-0.1, -0.05) is 18.2 Å². The summed E-state index contributed by atoms with van der Waals surface area (Å²) in [5, 5.41) is 3.06. The van der Waals surface area contributed by atoms with E-state index in [0.717, 1.165) is 18.5 Å². The van der Waals surface area contributed by atoms with Crippen LogP contribution in [0.15, 0.2) is 36.9 Å². The Balaban J connectivity index is 1.55. The molecule has 0 saturated carbocycles. The van der Waals surface area contributed by atoms with Crippen molar-refractivity contribution in [3.05, 3.63) is 53.6 Å². The Morgan fingerprint density at radius 2 is 2.14 bits per heavy atom. The van der Waals surface area contributed by atoms with E-state index in [-0.39, 0.29) is 11.9 Å². The number of carbonyl (C=O) groups is 1. The topological polar surface area (TPSA) is 46.9 Å². The normalized spacial score (nSPS) is 15.1. The van der Waals surface area contributed by atoms with Crippen LogP contribution in [-0.2, 0) is 30.6 Å². The van der Waals surface area contributed by atoms with E-state index in [1.165, 1.54) is 30.4 Å². The Morgan fingerprint density at radius 1 is 1.32 bits per heavy atom. The Kier molecular flexibility index (Phi) is 4.56. The van der Waals surface area contributed by atoms with Gasteiger partial charge in [-0.25, -0.2) is 4.98 Å². The van der Waals surface area contributed by atoms with Crippen molar-refractivity contribution in [3.8, 4) is 0 Å². The zero-order chi connectivity index (χ0) is 15.4. The van der Waals surface area contributed by atoms with Crippen LogP contribution >= 0.6 is 0 Å². The Hall–Kier alpha value is -2.10. The molecule has 22 heavy (non-hydrogen) atoms. The maximum Gasteiger partial charge on any atom is 0.224 e. The summed E-state index contributed by atoms with van der Waals surface area (Å²) in [6.07, 6.45) is 10.8. The molecule has 1 aliphatic carbocycles. The Bertz CT molecular complexity index is 634. The van der Waals surface area contributed by atoms with Crippen molar-refractivity contribution in [3.63, 3.8) is 0 Å². The first-order valence-electron chi connectivity index (χ1n) is 8.06. The van der Waals surface area contributed by atoms with Crippen molar-refractivity contribution in [2.24, 2.45) is 0 Å². The number of aryl methyl sites for hydroxylation is 2. The molecule has 1 aromatic carbocycles. The van der Waals surface area contributed by atoms with Gasteiger partial charge in [-0.2, -0.15) is 0 Å². The van der Waals surface area contributed by atoms with Gasteiger partial charge >= 0.3 is 0 Å². The summed E-state index contributed by atoms with van der Waals surface area (Å²) < 4.78 is 1.98. The Labute approximate surface area is 131 Å². The lowest BCUT2D eigenvalue weighted by molar-refractivity contribution is -0.121. The van der Waals surface area contributed by atoms with Crippen LogP contribution in [0, 0.1) is 0 Å². The minimum absolute atomic E-state index is 0.0865. The van der Waals surface area contributed by atoms with Crippen molar-refractivity contribution in [2.75, 3.05) is 0 Å². The quantitative estimate of drug-likeness (QED) is 0.922. The van der Waals surface area contributed by atoms with Gasteiger partial charge in [0.2, 0.25) is 5.91 Å². The fourth-order valence-electron chi connectivity index (χ4n) is 3.16. The van der Waals surface area contributed by atoms with Gasteiger partial charge < -0.3 is 9.88 Å². The number of imidazole rings is 1. The largest absolute Gasteiger partial charge is 0.352 e. The minimum atomic E-state index is 0.0865. The SMILES string of the molecule is C[C@@H](Cn1ccnc1)NC(=O)Cc1ccc2c(c1)CCCC2. The van der Waals surface area contributed by atoms with Crippen LogP contribution in [-0.4, -0.2) is 21.5 Å². The monoisotopic (exact) mass is 297 g/mol. The number of hydrogen-bond acceptors (Lipinski definition) is 2. The highest BCUT2D eigenvalue weighted by Crippen LogP contribution is 2.22. The third kappa shape index (κ3) is 3.75. The number of nitrogens with one attached hydrogen (secondary N) is 1. The second-order valence-electron chi connectivity index (χ2n) is 6.21. The lowest BCUT2D eigenvalue weighted by Gasteiger charge is -2.17.